The van der Waals surface area contributed by atoms with E-state index in [2.05, 4.69) is 0 Å². The van der Waals surface area contributed by atoms with E-state index in [1.807, 2.05) is 0 Å². The number of nitrogens with two attached hydrogens (primary N) is 1. The Balaban J connectivity index is 3.72. The number of hydrogen-bond acceptors (Lipinski definition) is 2. The van der Waals surface area contributed by atoms with Crippen LogP contribution in [0, 0.1) is 0 Å². The highest BCUT2D eigenvalue weighted by Gasteiger charge is 2.20. The van der Waals surface area contributed by atoms with Crippen molar-refractivity contribution in [3.63, 3.8) is 0 Å². The maximum Gasteiger partial charge on any atom is 0.238 e. The number of hydrogen-bond donors (Lipinski definition) is 2. The molecular weight excluding hydrogens is 165 g/mol. The molecule has 0 bridgehead atoms. The third-order valence-electron chi connectivity index (χ3n) is 0.768. The highest BCUT2D eigenvalue weighted by Crippen LogP contribution is 2.02. The van der Waals surface area contributed by atoms with E-state index in [-0.39, 0.29) is 5.88 Å². The van der Waals surface area contributed by atoms with Gasteiger partial charge >= 0.3 is 0 Å². The molecule has 3 nitrogen and oxygen atoms in total. The van der Waals surface area contributed by atoms with Crippen molar-refractivity contribution in [3.8, 4) is 0 Å². The minimum absolute atomic E-state index is 0.0862. The van der Waals surface area contributed by atoms with Crippen molar-refractivity contribution >= 4 is 29.1 Å². The summed E-state index contributed by atoms with van der Waals surface area (Å²) < 4.78 is 0. The van der Waals surface area contributed by atoms with E-state index in [0.29, 0.717) is 0 Å². The van der Waals surface area contributed by atoms with Crippen molar-refractivity contribution in [3.05, 3.63) is 0 Å². The molecule has 0 fully saturated rings. The highest BCUT2D eigenvalue weighted by atomic mass is 35.5. The first-order valence-corrected chi connectivity index (χ1v) is 3.24. The van der Waals surface area contributed by atoms with Crippen LogP contribution in [-0.2, 0) is 4.79 Å². The molecule has 0 heterocycles. The minimum Gasteiger partial charge on any atom is -0.390 e. The first kappa shape index (κ1) is 9.01. The van der Waals surface area contributed by atoms with Crippen molar-refractivity contribution in [2.75, 3.05) is 5.88 Å². The number of carbonyl (C=O) groups is 1. The Morgan fingerprint density at radius 3 is 2.33 bits per heavy atom. The molecule has 54 valence electrons. The molecule has 0 aliphatic carbocycles. The molecule has 0 saturated carbocycles. The lowest BCUT2D eigenvalue weighted by atomic mass is 10.3. The van der Waals surface area contributed by atoms with Crippen molar-refractivity contribution in [2.24, 2.45) is 5.73 Å². The molecule has 0 aliphatic rings. The molecule has 0 saturated heterocycles. The quantitative estimate of drug-likeness (QED) is 0.573. The summed E-state index contributed by atoms with van der Waals surface area (Å²) in [5, 5.41) is 7.65. The van der Waals surface area contributed by atoms with E-state index in [0.717, 1.165) is 0 Å². The Bertz CT molecular complexity index is 109. The van der Waals surface area contributed by atoms with Crippen LogP contribution >= 0.6 is 23.2 Å². The second kappa shape index (κ2) is 3.93. The second-order valence-corrected chi connectivity index (χ2v) is 2.30. The van der Waals surface area contributed by atoms with Gasteiger partial charge in [-0.1, -0.05) is 0 Å². The fourth-order valence-electron chi connectivity index (χ4n) is 0.268. The van der Waals surface area contributed by atoms with Gasteiger partial charge in [0, 0.05) is 0 Å². The van der Waals surface area contributed by atoms with E-state index < -0.39 is 17.4 Å². The minimum atomic E-state index is -1.08. The molecule has 5 heteroatoms. The molecule has 0 spiro atoms. The molecule has 9 heavy (non-hydrogen) atoms. The molecular formula is C4H7Cl2NO2. The van der Waals surface area contributed by atoms with E-state index in [4.69, 9.17) is 34.0 Å². The van der Waals surface area contributed by atoms with E-state index >= 15 is 0 Å². The molecule has 0 radical (unpaired) electrons. The fourth-order valence-corrected chi connectivity index (χ4v) is 0.626. The Morgan fingerprint density at radius 2 is 2.22 bits per heavy atom. The standard InChI is InChI=1S/C4H7Cl2NO2/c5-1-2(8)3(6)4(7)9/h2-3,8H,1H2,(H2,7,9)/t2-,3-/m1/s1. The van der Waals surface area contributed by atoms with E-state index in [1.165, 1.54) is 0 Å². The van der Waals surface area contributed by atoms with Gasteiger partial charge in [-0.15, -0.1) is 23.2 Å². The van der Waals surface area contributed by atoms with Crippen LogP contribution in [0.1, 0.15) is 0 Å². The monoisotopic (exact) mass is 171 g/mol. The predicted octanol–water partition coefficient (Wildman–Crippen LogP) is -0.321. The van der Waals surface area contributed by atoms with Crippen LogP contribution < -0.4 is 5.73 Å². The molecule has 0 unspecified atom stereocenters. The Hall–Kier alpha value is 0.01000. The highest BCUT2D eigenvalue weighted by molar-refractivity contribution is 6.31. The number of aliphatic hydroxyl groups excluding tert-OH is 1. The number of rotatable bonds is 3. The molecule has 0 rings (SSSR count). The first-order valence-electron chi connectivity index (χ1n) is 2.27. The fraction of sp³-hybridized carbons (Fsp3) is 0.750. The lowest BCUT2D eigenvalue weighted by Crippen LogP contribution is -2.35. The SMILES string of the molecule is NC(=O)[C@H](Cl)[C@H](O)CCl. The normalized spacial score (nSPS) is 16.8. The zero-order valence-electron chi connectivity index (χ0n) is 4.55. The van der Waals surface area contributed by atoms with Gasteiger partial charge in [-0.3, -0.25) is 4.79 Å². The average molecular weight is 172 g/mol. The summed E-state index contributed by atoms with van der Waals surface area (Å²) >= 11 is 10.4. The van der Waals surface area contributed by atoms with E-state index in [9.17, 15) is 4.79 Å². The summed E-state index contributed by atoms with van der Waals surface area (Å²) in [6, 6.07) is 0. The summed E-state index contributed by atoms with van der Waals surface area (Å²) in [5.74, 6) is -0.846. The average Bonchev–Trinajstić information content (AvgIpc) is 1.84. The lowest BCUT2D eigenvalue weighted by Gasteiger charge is -2.08. The zero-order valence-corrected chi connectivity index (χ0v) is 6.06. The summed E-state index contributed by atoms with van der Waals surface area (Å²) in [4.78, 5) is 10.2. The van der Waals surface area contributed by atoms with Crippen LogP contribution in [0.5, 0.6) is 0 Å². The van der Waals surface area contributed by atoms with Gasteiger partial charge < -0.3 is 10.8 Å². The van der Waals surface area contributed by atoms with Gasteiger partial charge in [0.25, 0.3) is 0 Å². The molecule has 3 N–H and O–H groups in total. The Labute approximate surface area is 62.7 Å². The van der Waals surface area contributed by atoms with Crippen LogP contribution in [0.15, 0.2) is 0 Å². The predicted molar refractivity (Wildman–Crippen MR) is 35.6 cm³/mol. The van der Waals surface area contributed by atoms with Crippen molar-refractivity contribution in [2.45, 2.75) is 11.5 Å². The molecule has 0 aromatic carbocycles. The van der Waals surface area contributed by atoms with Crippen LogP contribution in [0.3, 0.4) is 0 Å². The molecule has 2 atom stereocenters. The number of alkyl halides is 2. The molecule has 1 amide bonds. The Morgan fingerprint density at radius 1 is 1.78 bits per heavy atom. The Kier molecular flexibility index (Phi) is 3.93. The van der Waals surface area contributed by atoms with Crippen molar-refractivity contribution in [1.29, 1.82) is 0 Å². The van der Waals surface area contributed by atoms with Crippen LogP contribution in [-0.4, -0.2) is 28.4 Å². The lowest BCUT2D eigenvalue weighted by molar-refractivity contribution is -0.119. The largest absolute Gasteiger partial charge is 0.390 e. The van der Waals surface area contributed by atoms with Crippen molar-refractivity contribution < 1.29 is 9.90 Å². The number of amides is 1. The van der Waals surface area contributed by atoms with Gasteiger partial charge in [-0.2, -0.15) is 0 Å². The van der Waals surface area contributed by atoms with Gasteiger partial charge in [0.05, 0.1) is 12.0 Å². The molecule has 0 aromatic rings. The van der Waals surface area contributed by atoms with Gasteiger partial charge in [0.2, 0.25) is 5.91 Å². The summed E-state index contributed by atoms with van der Waals surface area (Å²) in [6.45, 7) is 0. The summed E-state index contributed by atoms with van der Waals surface area (Å²) in [7, 11) is 0. The number of primary amides is 1. The van der Waals surface area contributed by atoms with Crippen LogP contribution in [0.25, 0.3) is 0 Å². The summed E-state index contributed by atoms with van der Waals surface area (Å²) in [5.41, 5.74) is 4.72. The maximum atomic E-state index is 10.2. The second-order valence-electron chi connectivity index (χ2n) is 1.53. The molecule has 0 aromatic heterocycles. The van der Waals surface area contributed by atoms with Gasteiger partial charge in [-0.25, -0.2) is 0 Å². The number of halogens is 2. The number of carbonyl (C=O) groups excluding carboxylic acids is 1. The smallest absolute Gasteiger partial charge is 0.238 e. The zero-order chi connectivity index (χ0) is 7.44. The molecule has 0 aliphatic heterocycles. The number of aliphatic hydroxyl groups is 1. The third-order valence-corrected chi connectivity index (χ3v) is 1.59. The van der Waals surface area contributed by atoms with E-state index in [1.54, 1.807) is 0 Å². The van der Waals surface area contributed by atoms with Gasteiger partial charge in [0.1, 0.15) is 5.38 Å². The van der Waals surface area contributed by atoms with Crippen LogP contribution in [0.4, 0.5) is 0 Å². The van der Waals surface area contributed by atoms with Crippen LogP contribution in [0.2, 0.25) is 0 Å². The van der Waals surface area contributed by atoms with Gasteiger partial charge in [-0.05, 0) is 0 Å². The van der Waals surface area contributed by atoms with Gasteiger partial charge in [0.15, 0.2) is 0 Å². The summed E-state index contributed by atoms with van der Waals surface area (Å²) in [6.07, 6.45) is -1.05. The first-order chi connectivity index (χ1) is 4.09. The topological polar surface area (TPSA) is 63.3 Å². The third kappa shape index (κ3) is 2.89. The maximum absolute atomic E-state index is 10.2. The van der Waals surface area contributed by atoms with Crippen molar-refractivity contribution in [1.82, 2.24) is 0 Å².